The van der Waals surface area contributed by atoms with E-state index >= 15 is 0 Å². The molecule has 1 heterocycles. The maximum atomic E-state index is 12.4. The van der Waals surface area contributed by atoms with Gasteiger partial charge in [0.05, 0.1) is 0 Å². The zero-order valence-corrected chi connectivity index (χ0v) is 12.7. The highest BCUT2D eigenvalue weighted by Gasteiger charge is 2.29. The summed E-state index contributed by atoms with van der Waals surface area (Å²) in [6.07, 6.45) is 6.35. The van der Waals surface area contributed by atoms with Gasteiger partial charge >= 0.3 is 0 Å². The number of amides is 2. The SMILES string of the molecule is CNC1CCCN(C(=O)C(C)NC(=O)C2CCCC2)C1. The van der Waals surface area contributed by atoms with Crippen LogP contribution in [0.25, 0.3) is 0 Å². The van der Waals surface area contributed by atoms with Gasteiger partial charge in [-0.1, -0.05) is 12.8 Å². The third kappa shape index (κ3) is 3.72. The van der Waals surface area contributed by atoms with Crippen molar-refractivity contribution in [2.24, 2.45) is 5.92 Å². The maximum absolute atomic E-state index is 12.4. The molecule has 2 fully saturated rings. The summed E-state index contributed by atoms with van der Waals surface area (Å²) in [5.74, 6) is 0.235. The fourth-order valence-corrected chi connectivity index (χ4v) is 3.27. The second-order valence-electron chi connectivity index (χ2n) is 6.12. The van der Waals surface area contributed by atoms with E-state index in [1.54, 1.807) is 6.92 Å². The molecule has 0 aromatic heterocycles. The van der Waals surface area contributed by atoms with Crippen LogP contribution in [0.4, 0.5) is 0 Å². The lowest BCUT2D eigenvalue weighted by molar-refractivity contribution is -0.138. The number of hydrogen-bond acceptors (Lipinski definition) is 3. The molecule has 5 nitrogen and oxygen atoms in total. The van der Waals surface area contributed by atoms with Crippen molar-refractivity contribution < 1.29 is 9.59 Å². The molecule has 0 aromatic carbocycles. The third-order valence-corrected chi connectivity index (χ3v) is 4.60. The minimum Gasteiger partial charge on any atom is -0.344 e. The fourth-order valence-electron chi connectivity index (χ4n) is 3.27. The van der Waals surface area contributed by atoms with Crippen LogP contribution in [-0.4, -0.2) is 48.9 Å². The van der Waals surface area contributed by atoms with E-state index in [0.717, 1.165) is 51.6 Å². The van der Waals surface area contributed by atoms with Crippen molar-refractivity contribution in [2.75, 3.05) is 20.1 Å². The lowest BCUT2D eigenvalue weighted by Crippen LogP contribution is -2.53. The Morgan fingerprint density at radius 2 is 1.85 bits per heavy atom. The molecule has 0 aromatic rings. The second kappa shape index (κ2) is 7.07. The molecule has 1 aliphatic heterocycles. The molecule has 2 unspecified atom stereocenters. The van der Waals surface area contributed by atoms with Crippen LogP contribution in [0.3, 0.4) is 0 Å². The molecule has 0 spiro atoms. The van der Waals surface area contributed by atoms with Gasteiger partial charge in [0.1, 0.15) is 6.04 Å². The van der Waals surface area contributed by atoms with E-state index < -0.39 is 6.04 Å². The summed E-state index contributed by atoms with van der Waals surface area (Å²) in [5, 5.41) is 6.13. The Hall–Kier alpha value is -1.10. The van der Waals surface area contributed by atoms with Gasteiger partial charge in [-0.3, -0.25) is 9.59 Å². The minimum absolute atomic E-state index is 0.0521. The fraction of sp³-hybridized carbons (Fsp3) is 0.867. The summed E-state index contributed by atoms with van der Waals surface area (Å²) in [4.78, 5) is 26.3. The van der Waals surface area contributed by atoms with Gasteiger partial charge < -0.3 is 15.5 Å². The number of carbonyl (C=O) groups is 2. The van der Waals surface area contributed by atoms with Crippen LogP contribution < -0.4 is 10.6 Å². The van der Waals surface area contributed by atoms with E-state index in [1.165, 1.54) is 0 Å². The van der Waals surface area contributed by atoms with Crippen molar-refractivity contribution in [1.82, 2.24) is 15.5 Å². The van der Waals surface area contributed by atoms with Crippen LogP contribution >= 0.6 is 0 Å². The summed E-state index contributed by atoms with van der Waals surface area (Å²) in [7, 11) is 1.93. The zero-order chi connectivity index (χ0) is 14.5. The average molecular weight is 281 g/mol. The Labute approximate surface area is 121 Å². The molecule has 114 valence electrons. The molecule has 1 aliphatic carbocycles. The summed E-state index contributed by atoms with van der Waals surface area (Å²) in [6, 6.07) is -0.0239. The van der Waals surface area contributed by atoms with Crippen molar-refractivity contribution in [3.63, 3.8) is 0 Å². The summed E-state index contributed by atoms with van der Waals surface area (Å²) in [5.41, 5.74) is 0. The van der Waals surface area contributed by atoms with Crippen LogP contribution in [0, 0.1) is 5.92 Å². The molecule has 2 aliphatic rings. The van der Waals surface area contributed by atoms with Crippen LogP contribution in [-0.2, 0) is 9.59 Å². The summed E-state index contributed by atoms with van der Waals surface area (Å²) in [6.45, 7) is 3.36. The molecule has 0 radical (unpaired) electrons. The zero-order valence-electron chi connectivity index (χ0n) is 12.7. The van der Waals surface area contributed by atoms with Gasteiger partial charge in [-0.05, 0) is 39.7 Å². The van der Waals surface area contributed by atoms with Crippen LogP contribution in [0.15, 0.2) is 0 Å². The quantitative estimate of drug-likeness (QED) is 0.804. The predicted molar refractivity (Wildman–Crippen MR) is 78.2 cm³/mol. The number of hydrogen-bond donors (Lipinski definition) is 2. The van der Waals surface area contributed by atoms with Gasteiger partial charge in [0, 0.05) is 25.0 Å². The highest BCUT2D eigenvalue weighted by molar-refractivity contribution is 5.88. The number of likely N-dealkylation sites (N-methyl/N-ethyl adjacent to an activating group) is 1. The lowest BCUT2D eigenvalue weighted by Gasteiger charge is -2.34. The Kier molecular flexibility index (Phi) is 5.40. The van der Waals surface area contributed by atoms with Crippen molar-refractivity contribution in [3.05, 3.63) is 0 Å². The van der Waals surface area contributed by atoms with E-state index in [-0.39, 0.29) is 17.7 Å². The Morgan fingerprint density at radius 1 is 1.15 bits per heavy atom. The Bertz CT molecular complexity index is 353. The monoisotopic (exact) mass is 281 g/mol. The lowest BCUT2D eigenvalue weighted by atomic mass is 10.0. The number of carbonyl (C=O) groups excluding carboxylic acids is 2. The minimum atomic E-state index is -0.404. The highest BCUT2D eigenvalue weighted by Crippen LogP contribution is 2.24. The van der Waals surface area contributed by atoms with Gasteiger partial charge in [0.25, 0.3) is 0 Å². The maximum Gasteiger partial charge on any atom is 0.244 e. The molecule has 1 saturated heterocycles. The number of nitrogens with one attached hydrogen (secondary N) is 2. The van der Waals surface area contributed by atoms with E-state index in [4.69, 9.17) is 0 Å². The predicted octanol–water partition coefficient (Wildman–Crippen LogP) is 0.892. The van der Waals surface area contributed by atoms with E-state index in [9.17, 15) is 9.59 Å². The standard InChI is InChI=1S/C15H27N3O2/c1-11(17-14(19)12-6-3-4-7-12)15(20)18-9-5-8-13(10-18)16-2/h11-13,16H,3-10H2,1-2H3,(H,17,19). The van der Waals surface area contributed by atoms with Crippen molar-refractivity contribution >= 4 is 11.8 Å². The molecule has 5 heteroatoms. The molecule has 2 atom stereocenters. The molecule has 2 N–H and O–H groups in total. The van der Waals surface area contributed by atoms with Gasteiger partial charge in [0.2, 0.25) is 11.8 Å². The highest BCUT2D eigenvalue weighted by atomic mass is 16.2. The van der Waals surface area contributed by atoms with Crippen molar-refractivity contribution in [1.29, 1.82) is 0 Å². The molecule has 2 rings (SSSR count). The molecular weight excluding hydrogens is 254 g/mol. The molecule has 1 saturated carbocycles. The first-order valence-corrected chi connectivity index (χ1v) is 7.88. The molecule has 0 bridgehead atoms. The third-order valence-electron chi connectivity index (χ3n) is 4.60. The van der Waals surface area contributed by atoms with Gasteiger partial charge in [-0.2, -0.15) is 0 Å². The number of likely N-dealkylation sites (tertiary alicyclic amines) is 1. The van der Waals surface area contributed by atoms with Crippen molar-refractivity contribution in [2.45, 2.75) is 57.5 Å². The van der Waals surface area contributed by atoms with Crippen LogP contribution in [0.5, 0.6) is 0 Å². The summed E-state index contributed by atoms with van der Waals surface area (Å²) < 4.78 is 0. The Balaban J connectivity index is 1.83. The number of rotatable bonds is 4. The van der Waals surface area contributed by atoms with E-state index in [2.05, 4.69) is 10.6 Å². The smallest absolute Gasteiger partial charge is 0.244 e. The van der Waals surface area contributed by atoms with Crippen LogP contribution in [0.1, 0.15) is 45.4 Å². The van der Waals surface area contributed by atoms with E-state index in [1.807, 2.05) is 11.9 Å². The first kappa shape index (κ1) is 15.3. The normalized spacial score (nSPS) is 25.5. The topological polar surface area (TPSA) is 61.4 Å². The molecule has 20 heavy (non-hydrogen) atoms. The second-order valence-corrected chi connectivity index (χ2v) is 6.12. The van der Waals surface area contributed by atoms with E-state index in [0.29, 0.717) is 6.04 Å². The number of piperidine rings is 1. The summed E-state index contributed by atoms with van der Waals surface area (Å²) >= 11 is 0. The van der Waals surface area contributed by atoms with Gasteiger partial charge in [0.15, 0.2) is 0 Å². The first-order valence-electron chi connectivity index (χ1n) is 7.88. The van der Waals surface area contributed by atoms with Gasteiger partial charge in [-0.15, -0.1) is 0 Å². The van der Waals surface area contributed by atoms with Gasteiger partial charge in [-0.25, -0.2) is 0 Å². The average Bonchev–Trinajstić information content (AvgIpc) is 3.00. The largest absolute Gasteiger partial charge is 0.344 e. The molecule has 2 amide bonds. The molecular formula is C15H27N3O2. The van der Waals surface area contributed by atoms with Crippen molar-refractivity contribution in [3.8, 4) is 0 Å². The Morgan fingerprint density at radius 3 is 2.50 bits per heavy atom. The first-order chi connectivity index (χ1) is 9.61. The van der Waals surface area contributed by atoms with Crippen LogP contribution in [0.2, 0.25) is 0 Å². The number of nitrogens with zero attached hydrogens (tertiary/aromatic N) is 1.